The third-order valence-electron chi connectivity index (χ3n) is 6.11. The number of fused-ring (bicyclic) bond motifs is 1. The maximum atomic E-state index is 5.22. The van der Waals surface area contributed by atoms with Crippen LogP contribution in [0.4, 0.5) is 0 Å². The normalized spacial score (nSPS) is 16.1. The van der Waals surface area contributed by atoms with E-state index >= 15 is 0 Å². The van der Waals surface area contributed by atoms with Crippen molar-refractivity contribution in [3.8, 4) is 11.3 Å². The third kappa shape index (κ3) is 3.54. The molecule has 1 aliphatic rings. The summed E-state index contributed by atoms with van der Waals surface area (Å²) in [5, 5.41) is 4.36. The largest absolute Gasteiger partial charge is 0.472 e. The first-order valence-electron chi connectivity index (χ1n) is 10.7. The van der Waals surface area contributed by atoms with Crippen molar-refractivity contribution < 1.29 is 4.42 Å². The van der Waals surface area contributed by atoms with Crippen LogP contribution in [0.5, 0.6) is 0 Å². The molecule has 0 radical (unpaired) electrons. The second kappa shape index (κ2) is 7.72. The molecule has 0 unspecified atom stereocenters. The number of imidazole rings is 1. The van der Waals surface area contributed by atoms with Crippen LogP contribution in [0.25, 0.3) is 22.3 Å². The number of hydrogen-bond acceptors (Lipinski definition) is 5. The Morgan fingerprint density at radius 1 is 1.23 bits per heavy atom. The Kier molecular flexibility index (Phi) is 4.90. The Labute approximate surface area is 176 Å². The van der Waals surface area contributed by atoms with E-state index in [4.69, 9.17) is 14.4 Å². The van der Waals surface area contributed by atoms with E-state index in [0.717, 1.165) is 54.8 Å². The van der Waals surface area contributed by atoms with Gasteiger partial charge >= 0.3 is 0 Å². The highest BCUT2D eigenvalue weighted by atomic mass is 16.3. The van der Waals surface area contributed by atoms with E-state index in [0.29, 0.717) is 12.0 Å². The van der Waals surface area contributed by atoms with Gasteiger partial charge in [-0.25, -0.2) is 9.97 Å². The highest BCUT2D eigenvalue weighted by Crippen LogP contribution is 2.34. The fourth-order valence-electron chi connectivity index (χ4n) is 4.44. The number of aryl methyl sites for hydroxylation is 1. The monoisotopic (exact) mass is 404 g/mol. The number of likely N-dealkylation sites (tertiary alicyclic amines) is 1. The lowest BCUT2D eigenvalue weighted by Crippen LogP contribution is -2.32. The molecule has 5 heterocycles. The van der Waals surface area contributed by atoms with Crippen molar-refractivity contribution in [3.63, 3.8) is 0 Å². The van der Waals surface area contributed by atoms with Gasteiger partial charge in [0.25, 0.3) is 0 Å². The second-order valence-corrected chi connectivity index (χ2v) is 8.59. The summed E-state index contributed by atoms with van der Waals surface area (Å²) in [4.78, 5) is 12.3. The van der Waals surface area contributed by atoms with Gasteiger partial charge in [0.15, 0.2) is 0 Å². The summed E-state index contributed by atoms with van der Waals surface area (Å²) in [5.74, 6) is 0.459. The molecule has 1 fully saturated rings. The fraction of sp³-hybridized carbons (Fsp3) is 0.435. The predicted octanol–water partition coefficient (Wildman–Crippen LogP) is 4.39. The van der Waals surface area contributed by atoms with Crippen LogP contribution < -0.4 is 0 Å². The van der Waals surface area contributed by atoms with E-state index in [1.807, 2.05) is 36.7 Å². The van der Waals surface area contributed by atoms with Gasteiger partial charge in [0.2, 0.25) is 0 Å². The molecule has 0 aromatic carbocycles. The average molecular weight is 405 g/mol. The maximum Gasteiger partial charge on any atom is 0.115 e. The Morgan fingerprint density at radius 3 is 2.73 bits per heavy atom. The first kappa shape index (κ1) is 19.1. The van der Waals surface area contributed by atoms with Crippen LogP contribution in [-0.2, 0) is 13.6 Å². The van der Waals surface area contributed by atoms with Crippen molar-refractivity contribution in [3.05, 3.63) is 54.6 Å². The first-order chi connectivity index (χ1) is 14.6. The number of rotatable bonds is 5. The summed E-state index contributed by atoms with van der Waals surface area (Å²) in [6.07, 6.45) is 11.7. The molecule has 7 heteroatoms. The third-order valence-corrected chi connectivity index (χ3v) is 6.11. The van der Waals surface area contributed by atoms with Gasteiger partial charge in [0.1, 0.15) is 11.2 Å². The molecule has 5 rings (SSSR count). The topological polar surface area (TPSA) is 64.9 Å². The Balaban J connectivity index is 1.46. The molecule has 7 nitrogen and oxygen atoms in total. The summed E-state index contributed by atoms with van der Waals surface area (Å²) in [5.41, 5.74) is 6.50. The van der Waals surface area contributed by atoms with E-state index in [1.165, 1.54) is 11.3 Å². The van der Waals surface area contributed by atoms with Gasteiger partial charge in [-0.15, -0.1) is 0 Å². The van der Waals surface area contributed by atoms with E-state index in [2.05, 4.69) is 40.5 Å². The van der Waals surface area contributed by atoms with Crippen molar-refractivity contribution in [1.29, 1.82) is 0 Å². The number of aromatic nitrogens is 5. The molecule has 0 spiro atoms. The van der Waals surface area contributed by atoms with E-state index in [9.17, 15) is 0 Å². The van der Waals surface area contributed by atoms with Gasteiger partial charge in [-0.05, 0) is 51.9 Å². The molecule has 4 aromatic heterocycles. The number of nitrogens with zero attached hydrogens (tertiary/aromatic N) is 6. The number of pyridine rings is 1. The van der Waals surface area contributed by atoms with Crippen LogP contribution in [0.1, 0.15) is 49.9 Å². The molecule has 156 valence electrons. The fourth-order valence-corrected chi connectivity index (χ4v) is 4.44. The summed E-state index contributed by atoms with van der Waals surface area (Å²) < 4.78 is 9.28. The van der Waals surface area contributed by atoms with Crippen molar-refractivity contribution in [1.82, 2.24) is 29.2 Å². The van der Waals surface area contributed by atoms with Gasteiger partial charge in [0, 0.05) is 48.6 Å². The Bertz CT molecular complexity index is 1130. The molecule has 30 heavy (non-hydrogen) atoms. The quantitative estimate of drug-likeness (QED) is 0.494. The standard InChI is InChI=1S/C23H28N6O/c1-16(2)29-15-24-23-21(29)10-20(26-22(23)19-11-25-27(3)13-19)18-4-7-28(8-5-18)12-17-6-9-30-14-17/h6,9-11,13-16,18H,4-5,7-8,12H2,1-3H3. The smallest absolute Gasteiger partial charge is 0.115 e. The molecule has 0 aliphatic carbocycles. The van der Waals surface area contributed by atoms with Crippen LogP contribution in [0.15, 0.2) is 47.8 Å². The highest BCUT2D eigenvalue weighted by molar-refractivity contribution is 5.89. The molecule has 0 N–H and O–H groups in total. The molecule has 0 amide bonds. The molecule has 0 atom stereocenters. The van der Waals surface area contributed by atoms with Gasteiger partial charge < -0.3 is 8.98 Å². The summed E-state index contributed by atoms with van der Waals surface area (Å²) in [7, 11) is 1.94. The average Bonchev–Trinajstić information content (AvgIpc) is 3.48. The minimum atomic E-state index is 0.351. The molecular weight excluding hydrogens is 376 g/mol. The SMILES string of the molecule is CC(C)n1cnc2c(-c3cnn(C)c3)nc(C3CCN(Cc4ccoc4)CC3)cc21. The lowest BCUT2D eigenvalue weighted by Gasteiger charge is -2.31. The van der Waals surface area contributed by atoms with Crippen LogP contribution in [0.2, 0.25) is 0 Å². The minimum absolute atomic E-state index is 0.351. The number of piperidine rings is 1. The highest BCUT2D eigenvalue weighted by Gasteiger charge is 2.24. The Hall–Kier alpha value is -2.93. The van der Waals surface area contributed by atoms with Crippen LogP contribution in [0, 0.1) is 0 Å². The van der Waals surface area contributed by atoms with Crippen molar-refractivity contribution in [2.75, 3.05) is 13.1 Å². The summed E-state index contributed by atoms with van der Waals surface area (Å²) in [6, 6.07) is 4.66. The molecule has 1 aliphatic heterocycles. The van der Waals surface area contributed by atoms with Crippen LogP contribution in [0.3, 0.4) is 0 Å². The molecule has 0 bridgehead atoms. The Morgan fingerprint density at radius 2 is 2.07 bits per heavy atom. The molecule has 1 saturated heterocycles. The van der Waals surface area contributed by atoms with Crippen molar-refractivity contribution in [2.24, 2.45) is 7.05 Å². The zero-order valence-corrected chi connectivity index (χ0v) is 17.8. The molecular formula is C23H28N6O. The van der Waals surface area contributed by atoms with Crippen molar-refractivity contribution >= 4 is 11.0 Å². The van der Waals surface area contributed by atoms with Gasteiger partial charge in [-0.2, -0.15) is 5.10 Å². The van der Waals surface area contributed by atoms with Crippen LogP contribution in [-0.4, -0.2) is 42.3 Å². The van der Waals surface area contributed by atoms with Gasteiger partial charge in [-0.1, -0.05) is 0 Å². The maximum absolute atomic E-state index is 5.22. The molecule has 4 aromatic rings. The predicted molar refractivity (Wildman–Crippen MR) is 116 cm³/mol. The molecule has 0 saturated carbocycles. The lowest BCUT2D eigenvalue weighted by molar-refractivity contribution is 0.203. The van der Waals surface area contributed by atoms with E-state index < -0.39 is 0 Å². The number of furan rings is 1. The second-order valence-electron chi connectivity index (χ2n) is 8.59. The van der Waals surface area contributed by atoms with E-state index in [1.54, 1.807) is 6.26 Å². The van der Waals surface area contributed by atoms with Crippen LogP contribution >= 0.6 is 0 Å². The van der Waals surface area contributed by atoms with Crippen molar-refractivity contribution in [2.45, 2.75) is 45.2 Å². The first-order valence-corrected chi connectivity index (χ1v) is 10.7. The zero-order valence-electron chi connectivity index (χ0n) is 17.8. The van der Waals surface area contributed by atoms with E-state index in [-0.39, 0.29) is 0 Å². The van der Waals surface area contributed by atoms with Gasteiger partial charge in [-0.3, -0.25) is 9.58 Å². The lowest BCUT2D eigenvalue weighted by atomic mass is 9.92. The zero-order chi connectivity index (χ0) is 20.7. The minimum Gasteiger partial charge on any atom is -0.472 e. The summed E-state index contributed by atoms with van der Waals surface area (Å²) >= 11 is 0. The number of hydrogen-bond donors (Lipinski definition) is 0. The van der Waals surface area contributed by atoms with Gasteiger partial charge in [0.05, 0.1) is 30.6 Å². The summed E-state index contributed by atoms with van der Waals surface area (Å²) in [6.45, 7) is 7.48.